The van der Waals surface area contributed by atoms with Crippen molar-refractivity contribution >= 4 is 34.8 Å². The lowest BCUT2D eigenvalue weighted by atomic mass is 10.1. The second kappa shape index (κ2) is 8.07. The van der Waals surface area contributed by atoms with E-state index < -0.39 is 5.91 Å². The number of halogens is 2. The smallest absolute Gasteiger partial charge is 0.295 e. The van der Waals surface area contributed by atoms with Crippen LogP contribution in [-0.4, -0.2) is 20.7 Å². The number of hydrogen-bond donors (Lipinski definition) is 1. The van der Waals surface area contributed by atoms with Gasteiger partial charge < -0.3 is 5.32 Å². The number of nitrogens with one attached hydrogen (secondary N) is 1. The summed E-state index contributed by atoms with van der Waals surface area (Å²) in [5.74, 6) is 0.149. The highest BCUT2D eigenvalue weighted by atomic mass is 35.5. The molecule has 5 nitrogen and oxygen atoms in total. The van der Waals surface area contributed by atoms with E-state index in [2.05, 4.69) is 15.4 Å². The zero-order chi connectivity index (χ0) is 20.4. The number of amides is 1. The van der Waals surface area contributed by atoms with Crippen LogP contribution in [0.2, 0.25) is 10.0 Å². The molecule has 1 N–H and O–H groups in total. The van der Waals surface area contributed by atoms with Gasteiger partial charge >= 0.3 is 0 Å². The Morgan fingerprint density at radius 2 is 1.72 bits per heavy atom. The minimum Gasteiger partial charge on any atom is -0.318 e. The molecule has 4 rings (SSSR count). The molecular weight excluding hydrogens is 407 g/mol. The van der Waals surface area contributed by atoms with Gasteiger partial charge in [0, 0.05) is 10.6 Å². The van der Waals surface area contributed by atoms with Crippen molar-refractivity contribution in [2.75, 3.05) is 5.32 Å². The van der Waals surface area contributed by atoms with Gasteiger partial charge in [0.2, 0.25) is 5.82 Å². The highest BCUT2D eigenvalue weighted by Gasteiger charge is 2.19. The first-order valence-electron chi connectivity index (χ1n) is 8.87. The van der Waals surface area contributed by atoms with Crippen molar-refractivity contribution in [2.24, 2.45) is 0 Å². The fourth-order valence-corrected chi connectivity index (χ4v) is 3.19. The molecule has 0 unspecified atom stereocenters. The van der Waals surface area contributed by atoms with E-state index in [1.54, 1.807) is 41.1 Å². The summed E-state index contributed by atoms with van der Waals surface area (Å²) in [4.78, 5) is 17.3. The van der Waals surface area contributed by atoms with E-state index in [9.17, 15) is 4.79 Å². The fourth-order valence-electron chi connectivity index (χ4n) is 2.88. The Bertz CT molecular complexity index is 1190. The summed E-state index contributed by atoms with van der Waals surface area (Å²) in [5, 5.41) is 8.26. The van der Waals surface area contributed by atoms with Gasteiger partial charge in [-0.05, 0) is 49.4 Å². The van der Waals surface area contributed by atoms with Crippen molar-refractivity contribution in [2.45, 2.75) is 6.92 Å². The molecule has 0 fully saturated rings. The third-order valence-electron chi connectivity index (χ3n) is 4.28. The summed E-state index contributed by atoms with van der Waals surface area (Å²) >= 11 is 12.2. The first-order valence-corrected chi connectivity index (χ1v) is 9.63. The molecule has 0 atom stereocenters. The van der Waals surface area contributed by atoms with Crippen molar-refractivity contribution in [1.82, 2.24) is 14.8 Å². The number of anilines is 1. The third kappa shape index (κ3) is 4.16. The Hall–Kier alpha value is -3.15. The zero-order valence-electron chi connectivity index (χ0n) is 15.4. The summed E-state index contributed by atoms with van der Waals surface area (Å²) in [6.45, 7) is 2.00. The molecular formula is C22H16Cl2N4O. The van der Waals surface area contributed by atoms with Crippen LogP contribution in [0.15, 0.2) is 72.8 Å². The number of carbonyl (C=O) groups is 1. The van der Waals surface area contributed by atoms with E-state index in [1.807, 2.05) is 43.3 Å². The van der Waals surface area contributed by atoms with Gasteiger partial charge in [-0.15, -0.1) is 5.10 Å². The third-order valence-corrected chi connectivity index (χ3v) is 4.86. The second-order valence-electron chi connectivity index (χ2n) is 6.45. The molecule has 0 aliphatic carbocycles. The standard InChI is InChI=1S/C22H16Cl2N4O/c1-14-5-4-6-15(13-14)21-26-20(22(29)25-19-8-3-2-7-18(19)24)27-28(21)17-11-9-16(23)10-12-17/h2-13H,1H3,(H,25,29). The van der Waals surface area contributed by atoms with E-state index in [0.29, 0.717) is 21.6 Å². The Labute approximate surface area is 177 Å². The number of aromatic nitrogens is 3. The maximum atomic E-state index is 12.8. The normalized spacial score (nSPS) is 10.7. The van der Waals surface area contributed by atoms with Crippen molar-refractivity contribution in [3.05, 3.63) is 94.2 Å². The highest BCUT2D eigenvalue weighted by molar-refractivity contribution is 6.33. The van der Waals surface area contributed by atoms with Gasteiger partial charge in [-0.2, -0.15) is 0 Å². The highest BCUT2D eigenvalue weighted by Crippen LogP contribution is 2.25. The number of carbonyl (C=O) groups excluding carboxylic acids is 1. The molecule has 0 aliphatic heterocycles. The Morgan fingerprint density at radius 3 is 2.45 bits per heavy atom. The summed E-state index contributed by atoms with van der Waals surface area (Å²) in [6, 6.07) is 22.0. The molecule has 1 heterocycles. The molecule has 0 radical (unpaired) electrons. The Morgan fingerprint density at radius 1 is 0.966 bits per heavy atom. The topological polar surface area (TPSA) is 59.8 Å². The van der Waals surface area contributed by atoms with Crippen LogP contribution in [0.1, 0.15) is 16.2 Å². The van der Waals surface area contributed by atoms with Gasteiger partial charge in [-0.1, -0.05) is 59.1 Å². The van der Waals surface area contributed by atoms with E-state index >= 15 is 0 Å². The molecule has 1 aromatic heterocycles. The summed E-state index contributed by atoms with van der Waals surface area (Å²) in [7, 11) is 0. The quantitative estimate of drug-likeness (QED) is 0.451. The molecule has 7 heteroatoms. The van der Waals surface area contributed by atoms with Gasteiger partial charge in [-0.3, -0.25) is 4.79 Å². The lowest BCUT2D eigenvalue weighted by Gasteiger charge is -2.06. The van der Waals surface area contributed by atoms with Gasteiger partial charge in [0.1, 0.15) is 0 Å². The van der Waals surface area contributed by atoms with E-state index in [4.69, 9.17) is 23.2 Å². The first kappa shape index (κ1) is 19.2. The van der Waals surface area contributed by atoms with Gasteiger partial charge in [-0.25, -0.2) is 9.67 Å². The molecule has 0 saturated carbocycles. The second-order valence-corrected chi connectivity index (χ2v) is 7.29. The lowest BCUT2D eigenvalue weighted by molar-refractivity contribution is 0.101. The van der Waals surface area contributed by atoms with Crippen LogP contribution in [-0.2, 0) is 0 Å². The number of para-hydroxylation sites is 1. The van der Waals surface area contributed by atoms with Crippen LogP contribution in [0.5, 0.6) is 0 Å². The molecule has 3 aromatic carbocycles. The van der Waals surface area contributed by atoms with Crippen LogP contribution >= 0.6 is 23.2 Å². The van der Waals surface area contributed by atoms with Crippen LogP contribution in [0, 0.1) is 6.92 Å². The number of benzene rings is 3. The molecule has 0 saturated heterocycles. The minimum atomic E-state index is -0.445. The van der Waals surface area contributed by atoms with Crippen LogP contribution in [0.4, 0.5) is 5.69 Å². The summed E-state index contributed by atoms with van der Waals surface area (Å²) in [6.07, 6.45) is 0. The predicted molar refractivity (Wildman–Crippen MR) is 116 cm³/mol. The van der Waals surface area contributed by atoms with Crippen LogP contribution in [0.3, 0.4) is 0 Å². The number of nitrogens with zero attached hydrogens (tertiary/aromatic N) is 3. The van der Waals surface area contributed by atoms with E-state index in [0.717, 1.165) is 16.8 Å². The monoisotopic (exact) mass is 422 g/mol. The van der Waals surface area contributed by atoms with Crippen LogP contribution in [0.25, 0.3) is 17.1 Å². The van der Waals surface area contributed by atoms with Gasteiger partial charge in [0.25, 0.3) is 5.91 Å². The van der Waals surface area contributed by atoms with Crippen molar-refractivity contribution in [3.63, 3.8) is 0 Å². The van der Waals surface area contributed by atoms with Gasteiger partial charge in [0.15, 0.2) is 5.82 Å². The van der Waals surface area contributed by atoms with E-state index in [-0.39, 0.29) is 5.82 Å². The molecule has 29 heavy (non-hydrogen) atoms. The Kier molecular flexibility index (Phi) is 5.34. The summed E-state index contributed by atoms with van der Waals surface area (Å²) < 4.78 is 1.63. The van der Waals surface area contributed by atoms with Gasteiger partial charge in [0.05, 0.1) is 16.4 Å². The van der Waals surface area contributed by atoms with Crippen molar-refractivity contribution < 1.29 is 4.79 Å². The maximum Gasteiger partial charge on any atom is 0.295 e. The zero-order valence-corrected chi connectivity index (χ0v) is 16.9. The lowest BCUT2D eigenvalue weighted by Crippen LogP contribution is -2.14. The molecule has 0 bridgehead atoms. The fraction of sp³-hybridized carbons (Fsp3) is 0.0455. The van der Waals surface area contributed by atoms with Crippen LogP contribution < -0.4 is 5.32 Å². The number of aryl methyl sites for hydroxylation is 1. The number of hydrogen-bond acceptors (Lipinski definition) is 3. The molecule has 0 aliphatic rings. The maximum absolute atomic E-state index is 12.8. The minimum absolute atomic E-state index is 0.0383. The van der Waals surface area contributed by atoms with Crippen molar-refractivity contribution in [1.29, 1.82) is 0 Å². The number of rotatable bonds is 4. The first-order chi connectivity index (χ1) is 14.0. The largest absolute Gasteiger partial charge is 0.318 e. The summed E-state index contributed by atoms with van der Waals surface area (Å²) in [5.41, 5.74) is 3.17. The average Bonchev–Trinajstić information content (AvgIpc) is 3.16. The molecule has 0 spiro atoms. The SMILES string of the molecule is Cc1cccc(-c2nc(C(=O)Nc3ccccc3Cl)nn2-c2ccc(Cl)cc2)c1. The Balaban J connectivity index is 1.78. The molecule has 1 amide bonds. The van der Waals surface area contributed by atoms with Crippen molar-refractivity contribution in [3.8, 4) is 17.1 Å². The average molecular weight is 423 g/mol. The molecule has 4 aromatic rings. The molecule has 144 valence electrons. The van der Waals surface area contributed by atoms with E-state index in [1.165, 1.54) is 0 Å². The predicted octanol–water partition coefficient (Wildman–Crippen LogP) is 5.80.